The van der Waals surface area contributed by atoms with E-state index in [1.807, 2.05) is 43.4 Å². The number of aromatic nitrogens is 2. The van der Waals surface area contributed by atoms with Crippen LogP contribution in [0, 0.1) is 5.92 Å². The van der Waals surface area contributed by atoms with Crippen LogP contribution in [0.4, 0.5) is 0 Å². The fraction of sp³-hybridized carbons (Fsp3) is 0.417. The van der Waals surface area contributed by atoms with Crippen LogP contribution in [0.25, 0.3) is 10.9 Å². The van der Waals surface area contributed by atoms with Crippen molar-refractivity contribution in [2.75, 3.05) is 20.2 Å². The molecule has 2 aromatic carbocycles. The van der Waals surface area contributed by atoms with E-state index in [0.29, 0.717) is 18.0 Å². The molecule has 0 amide bonds. The molecule has 3 aromatic rings. The van der Waals surface area contributed by atoms with E-state index in [9.17, 15) is 4.79 Å². The van der Waals surface area contributed by atoms with Crippen LogP contribution in [-0.2, 0) is 13.6 Å². The third-order valence-electron chi connectivity index (χ3n) is 6.07. The summed E-state index contributed by atoms with van der Waals surface area (Å²) in [5.74, 6) is 1.70. The molecule has 160 valence electrons. The zero-order chi connectivity index (χ0) is 20.2. The van der Waals surface area contributed by atoms with Gasteiger partial charge in [0.15, 0.2) is 5.78 Å². The molecule has 1 aliphatic rings. The number of nitrogens with zero attached hydrogens (tertiary/aromatic N) is 3. The van der Waals surface area contributed by atoms with E-state index in [-0.39, 0.29) is 18.2 Å². The molecule has 1 aromatic heterocycles. The number of carbonyl (C=O) groups is 1. The highest BCUT2D eigenvalue weighted by Gasteiger charge is 2.22. The molecule has 5 nitrogen and oxygen atoms in total. The number of Topliss-reactive ketones (excluding diaryl/α,β-unsaturated/α-hetero) is 1. The Morgan fingerprint density at radius 1 is 1.10 bits per heavy atom. The Labute approximate surface area is 184 Å². The van der Waals surface area contributed by atoms with E-state index in [0.717, 1.165) is 55.5 Å². The average molecular weight is 428 g/mol. The van der Waals surface area contributed by atoms with Gasteiger partial charge in [-0.1, -0.05) is 30.3 Å². The standard InChI is InChI=1S/C24H29N3O2.ClH/c1-26-22-6-4-3-5-21(22)24(25-26)23(28)12-9-18-13-15-27(16-14-18)17-19-7-10-20(29-2)11-8-19;/h3-8,10-11,18H,9,12-17H2,1-2H3;1H. The summed E-state index contributed by atoms with van der Waals surface area (Å²) in [6, 6.07) is 16.3. The number of benzene rings is 2. The first-order chi connectivity index (χ1) is 14.1. The molecule has 0 radical (unpaired) electrons. The van der Waals surface area contributed by atoms with Gasteiger partial charge in [-0.05, 0) is 62.0 Å². The molecule has 0 aliphatic carbocycles. The van der Waals surface area contributed by atoms with Gasteiger partial charge in [-0.3, -0.25) is 14.4 Å². The topological polar surface area (TPSA) is 47.4 Å². The predicted octanol–water partition coefficient (Wildman–Crippen LogP) is 4.88. The number of halogens is 1. The number of hydrogen-bond acceptors (Lipinski definition) is 4. The van der Waals surface area contributed by atoms with Gasteiger partial charge in [-0.25, -0.2) is 0 Å². The zero-order valence-electron chi connectivity index (χ0n) is 17.7. The van der Waals surface area contributed by atoms with Gasteiger partial charge in [0.1, 0.15) is 11.4 Å². The van der Waals surface area contributed by atoms with Gasteiger partial charge in [0.25, 0.3) is 0 Å². The molecule has 0 spiro atoms. The van der Waals surface area contributed by atoms with Gasteiger partial charge >= 0.3 is 0 Å². The Morgan fingerprint density at radius 2 is 1.80 bits per heavy atom. The predicted molar refractivity (Wildman–Crippen MR) is 123 cm³/mol. The summed E-state index contributed by atoms with van der Waals surface area (Å²) < 4.78 is 7.04. The molecule has 30 heavy (non-hydrogen) atoms. The Bertz CT molecular complexity index is 976. The molecule has 2 heterocycles. The van der Waals surface area contributed by atoms with Crippen LogP contribution in [0.5, 0.6) is 5.75 Å². The molecule has 0 atom stereocenters. The molecule has 1 saturated heterocycles. The van der Waals surface area contributed by atoms with Crippen LogP contribution in [0.3, 0.4) is 0 Å². The van der Waals surface area contributed by atoms with Crippen molar-refractivity contribution < 1.29 is 9.53 Å². The number of fused-ring (bicyclic) bond motifs is 1. The largest absolute Gasteiger partial charge is 0.497 e. The third-order valence-corrected chi connectivity index (χ3v) is 6.07. The zero-order valence-corrected chi connectivity index (χ0v) is 18.5. The number of carbonyl (C=O) groups excluding carboxylic acids is 1. The summed E-state index contributed by atoms with van der Waals surface area (Å²) in [5, 5.41) is 5.44. The monoisotopic (exact) mass is 427 g/mol. The van der Waals surface area contributed by atoms with Crippen LogP contribution in [0.15, 0.2) is 48.5 Å². The number of methoxy groups -OCH3 is 1. The van der Waals surface area contributed by atoms with Crippen molar-refractivity contribution in [3.8, 4) is 5.75 Å². The number of ketones is 1. The lowest BCUT2D eigenvalue weighted by Gasteiger charge is -2.32. The molecular weight excluding hydrogens is 398 g/mol. The summed E-state index contributed by atoms with van der Waals surface area (Å²) >= 11 is 0. The molecule has 6 heteroatoms. The van der Waals surface area contributed by atoms with Gasteiger partial charge in [0.2, 0.25) is 0 Å². The molecule has 0 N–H and O–H groups in total. The normalized spacial score (nSPS) is 15.1. The van der Waals surface area contributed by atoms with E-state index < -0.39 is 0 Å². The number of hydrogen-bond donors (Lipinski definition) is 0. The minimum atomic E-state index is 0. The highest BCUT2D eigenvalue weighted by atomic mass is 35.5. The lowest BCUT2D eigenvalue weighted by atomic mass is 9.90. The second-order valence-electron chi connectivity index (χ2n) is 8.02. The molecular formula is C24H30ClN3O2. The SMILES string of the molecule is COc1ccc(CN2CCC(CCC(=O)c3nn(C)c4ccccc34)CC2)cc1.Cl. The van der Waals surface area contributed by atoms with Gasteiger partial charge in [-0.2, -0.15) is 5.10 Å². The van der Waals surface area contributed by atoms with Crippen LogP contribution in [0.1, 0.15) is 41.7 Å². The number of likely N-dealkylation sites (tertiary alicyclic amines) is 1. The summed E-state index contributed by atoms with van der Waals surface area (Å²) in [6.07, 6.45) is 3.86. The van der Waals surface area contributed by atoms with E-state index in [4.69, 9.17) is 4.74 Å². The van der Waals surface area contributed by atoms with Gasteiger partial charge in [-0.15, -0.1) is 12.4 Å². The second kappa shape index (κ2) is 10.1. The number of aryl methyl sites for hydroxylation is 1. The molecule has 0 saturated carbocycles. The fourth-order valence-electron chi connectivity index (χ4n) is 4.30. The Kier molecular flexibility index (Phi) is 7.51. The molecule has 4 rings (SSSR count). The summed E-state index contributed by atoms with van der Waals surface area (Å²) in [5.41, 5.74) is 2.96. The van der Waals surface area contributed by atoms with Crippen LogP contribution >= 0.6 is 12.4 Å². The molecule has 1 fully saturated rings. The van der Waals surface area contributed by atoms with Gasteiger partial charge in [0, 0.05) is 25.4 Å². The summed E-state index contributed by atoms with van der Waals surface area (Å²) in [7, 11) is 3.60. The molecule has 1 aliphatic heterocycles. The lowest BCUT2D eigenvalue weighted by molar-refractivity contribution is 0.0957. The van der Waals surface area contributed by atoms with Crippen molar-refractivity contribution >= 4 is 29.1 Å². The summed E-state index contributed by atoms with van der Waals surface area (Å²) in [6.45, 7) is 3.17. The number of rotatable bonds is 7. The van der Waals surface area contributed by atoms with Gasteiger partial charge in [0.05, 0.1) is 12.6 Å². The van der Waals surface area contributed by atoms with Crippen molar-refractivity contribution in [1.29, 1.82) is 0 Å². The lowest BCUT2D eigenvalue weighted by Crippen LogP contribution is -2.33. The third kappa shape index (κ3) is 5.02. The highest BCUT2D eigenvalue weighted by Crippen LogP contribution is 2.26. The quantitative estimate of drug-likeness (QED) is 0.504. The number of piperidine rings is 1. The Morgan fingerprint density at radius 3 is 2.50 bits per heavy atom. The summed E-state index contributed by atoms with van der Waals surface area (Å²) in [4.78, 5) is 15.3. The first-order valence-corrected chi connectivity index (χ1v) is 10.4. The van der Waals surface area contributed by atoms with Crippen LogP contribution in [-0.4, -0.2) is 40.7 Å². The minimum Gasteiger partial charge on any atom is -0.497 e. The van der Waals surface area contributed by atoms with Crippen molar-refractivity contribution in [2.45, 2.75) is 32.2 Å². The first-order valence-electron chi connectivity index (χ1n) is 10.4. The maximum atomic E-state index is 12.8. The maximum Gasteiger partial charge on any atom is 0.183 e. The van der Waals surface area contributed by atoms with Crippen LogP contribution in [0.2, 0.25) is 0 Å². The fourth-order valence-corrected chi connectivity index (χ4v) is 4.30. The molecule has 0 bridgehead atoms. The number of para-hydroxylation sites is 1. The van der Waals surface area contributed by atoms with E-state index >= 15 is 0 Å². The second-order valence-corrected chi connectivity index (χ2v) is 8.02. The van der Waals surface area contributed by atoms with Crippen LogP contribution < -0.4 is 4.74 Å². The van der Waals surface area contributed by atoms with Gasteiger partial charge < -0.3 is 4.74 Å². The van der Waals surface area contributed by atoms with E-state index in [2.05, 4.69) is 22.1 Å². The van der Waals surface area contributed by atoms with Crippen molar-refractivity contribution in [1.82, 2.24) is 14.7 Å². The first kappa shape index (κ1) is 22.3. The minimum absolute atomic E-state index is 0. The smallest absolute Gasteiger partial charge is 0.183 e. The van der Waals surface area contributed by atoms with Crippen molar-refractivity contribution in [3.63, 3.8) is 0 Å². The Hall–Kier alpha value is -2.37. The number of ether oxygens (including phenoxy) is 1. The van der Waals surface area contributed by atoms with E-state index in [1.54, 1.807) is 11.8 Å². The maximum absolute atomic E-state index is 12.8. The van der Waals surface area contributed by atoms with Crippen molar-refractivity contribution in [3.05, 3.63) is 59.8 Å². The molecule has 0 unspecified atom stereocenters. The average Bonchev–Trinajstić information content (AvgIpc) is 3.10. The highest BCUT2D eigenvalue weighted by molar-refractivity contribution is 6.05. The van der Waals surface area contributed by atoms with Crippen molar-refractivity contribution in [2.24, 2.45) is 13.0 Å². The Balaban J connectivity index is 0.00000256. The van der Waals surface area contributed by atoms with E-state index in [1.165, 1.54) is 5.56 Å².